The van der Waals surface area contributed by atoms with Gasteiger partial charge < -0.3 is 15.2 Å². The van der Waals surface area contributed by atoms with Crippen LogP contribution in [0, 0.1) is 0 Å². The number of halogens is 1. The van der Waals surface area contributed by atoms with Gasteiger partial charge in [-0.3, -0.25) is 9.89 Å². The van der Waals surface area contributed by atoms with Crippen molar-refractivity contribution in [2.24, 2.45) is 0 Å². The van der Waals surface area contributed by atoms with Gasteiger partial charge in [0.15, 0.2) is 0 Å². The van der Waals surface area contributed by atoms with Crippen molar-refractivity contribution in [2.45, 2.75) is 12.5 Å². The lowest BCUT2D eigenvalue weighted by Gasteiger charge is -2.15. The second-order valence-electron chi connectivity index (χ2n) is 5.14. The average Bonchev–Trinajstić information content (AvgIpc) is 3.08. The lowest BCUT2D eigenvalue weighted by molar-refractivity contribution is 0.0916. The second kappa shape index (κ2) is 8.96. The zero-order valence-corrected chi connectivity index (χ0v) is 15.1. The van der Waals surface area contributed by atoms with Crippen LogP contribution in [0.2, 0.25) is 5.02 Å². The molecule has 1 heterocycles. The summed E-state index contributed by atoms with van der Waals surface area (Å²) in [6.45, 7) is -0.103. The van der Waals surface area contributed by atoms with Crippen LogP contribution in [0.5, 0.6) is 5.75 Å². The molecule has 0 unspecified atom stereocenters. The third-order valence-corrected chi connectivity index (χ3v) is 4.49. The van der Waals surface area contributed by atoms with Crippen molar-refractivity contribution < 1.29 is 14.6 Å². The van der Waals surface area contributed by atoms with E-state index < -0.39 is 0 Å². The maximum Gasteiger partial charge on any atom is 0.255 e. The Kier molecular flexibility index (Phi) is 6.96. The molecule has 0 radical (unpaired) electrons. The van der Waals surface area contributed by atoms with Crippen LogP contribution >= 0.6 is 23.4 Å². The highest BCUT2D eigenvalue weighted by Gasteiger charge is 2.19. The van der Waals surface area contributed by atoms with Crippen molar-refractivity contribution in [2.75, 3.05) is 25.7 Å². The van der Waals surface area contributed by atoms with E-state index in [0.717, 1.165) is 11.3 Å². The number of thioether (sulfide) groups is 1. The summed E-state index contributed by atoms with van der Waals surface area (Å²) in [5.41, 5.74) is 1.70. The van der Waals surface area contributed by atoms with Crippen LogP contribution in [0.4, 0.5) is 0 Å². The first-order valence-electron chi connectivity index (χ1n) is 7.38. The molecule has 0 aliphatic rings. The number of amides is 1. The minimum absolute atomic E-state index is 0.103. The standard InChI is InChI=1S/C16H20ClN3O3S/c1-23-14-4-3-10(7-13(14)17)15-12(8-18-20-15)16(22)19-11(9-21)5-6-24-2/h3-4,7-8,11,21H,5-6,9H2,1-2H3,(H,18,20)(H,19,22)/t11-/m0/s1. The Morgan fingerprint density at radius 3 is 2.96 bits per heavy atom. The molecule has 3 N–H and O–H groups in total. The summed E-state index contributed by atoms with van der Waals surface area (Å²) in [5, 5.41) is 19.5. The van der Waals surface area contributed by atoms with Crippen molar-refractivity contribution >= 4 is 29.3 Å². The van der Waals surface area contributed by atoms with Crippen LogP contribution in [0.3, 0.4) is 0 Å². The topological polar surface area (TPSA) is 87.2 Å². The van der Waals surface area contributed by atoms with E-state index in [1.807, 2.05) is 6.26 Å². The number of H-pyrrole nitrogens is 1. The molecule has 0 spiro atoms. The summed E-state index contributed by atoms with van der Waals surface area (Å²) < 4.78 is 5.13. The van der Waals surface area contributed by atoms with Gasteiger partial charge in [-0.25, -0.2) is 0 Å². The van der Waals surface area contributed by atoms with Gasteiger partial charge in [0.2, 0.25) is 0 Å². The highest BCUT2D eigenvalue weighted by Crippen LogP contribution is 2.30. The molecule has 1 aromatic heterocycles. The van der Waals surface area contributed by atoms with Crippen LogP contribution in [0.15, 0.2) is 24.4 Å². The molecule has 0 aliphatic carbocycles. The quantitative estimate of drug-likeness (QED) is 0.665. The van der Waals surface area contributed by atoms with Crippen molar-refractivity contribution in [3.8, 4) is 17.0 Å². The van der Waals surface area contributed by atoms with E-state index in [0.29, 0.717) is 28.5 Å². The third-order valence-electron chi connectivity index (χ3n) is 3.55. The number of carbonyl (C=O) groups is 1. The Hall–Kier alpha value is -1.70. The first-order valence-corrected chi connectivity index (χ1v) is 9.15. The molecule has 6 nitrogen and oxygen atoms in total. The van der Waals surface area contributed by atoms with Gasteiger partial charge in [0, 0.05) is 5.56 Å². The number of benzene rings is 1. The smallest absolute Gasteiger partial charge is 0.255 e. The first-order chi connectivity index (χ1) is 11.6. The number of nitrogens with zero attached hydrogens (tertiary/aromatic N) is 1. The number of aliphatic hydroxyl groups excluding tert-OH is 1. The van der Waals surface area contributed by atoms with Gasteiger partial charge in [0.25, 0.3) is 5.91 Å². The fraction of sp³-hybridized carbons (Fsp3) is 0.375. The van der Waals surface area contributed by atoms with E-state index in [9.17, 15) is 9.90 Å². The predicted molar refractivity (Wildman–Crippen MR) is 96.9 cm³/mol. The second-order valence-corrected chi connectivity index (χ2v) is 6.54. The lowest BCUT2D eigenvalue weighted by Crippen LogP contribution is -2.38. The Morgan fingerprint density at radius 1 is 1.54 bits per heavy atom. The van der Waals surface area contributed by atoms with Gasteiger partial charge in [0.05, 0.1) is 42.2 Å². The maximum absolute atomic E-state index is 12.5. The molecule has 24 heavy (non-hydrogen) atoms. The first kappa shape index (κ1) is 18.6. The Bertz CT molecular complexity index is 693. The van der Waals surface area contributed by atoms with E-state index >= 15 is 0 Å². The Labute approximate surface area is 149 Å². The van der Waals surface area contributed by atoms with Crippen molar-refractivity contribution in [1.29, 1.82) is 0 Å². The molecule has 0 aliphatic heterocycles. The molecule has 0 bridgehead atoms. The molecule has 0 fully saturated rings. The summed E-state index contributed by atoms with van der Waals surface area (Å²) in [4.78, 5) is 12.5. The SMILES string of the molecule is COc1ccc(-c2[nH]ncc2C(=O)N[C@H](CO)CCSC)cc1Cl. The number of aromatic amines is 1. The molecule has 130 valence electrons. The normalized spacial score (nSPS) is 12.0. The highest BCUT2D eigenvalue weighted by molar-refractivity contribution is 7.98. The van der Waals surface area contributed by atoms with Crippen molar-refractivity contribution in [1.82, 2.24) is 15.5 Å². The van der Waals surface area contributed by atoms with E-state index in [4.69, 9.17) is 16.3 Å². The third kappa shape index (κ3) is 4.43. The summed E-state index contributed by atoms with van der Waals surface area (Å²) in [6.07, 6.45) is 4.15. The number of methoxy groups -OCH3 is 1. The monoisotopic (exact) mass is 369 g/mol. The average molecular weight is 370 g/mol. The molecule has 1 atom stereocenters. The summed E-state index contributed by atoms with van der Waals surface area (Å²) in [7, 11) is 1.54. The maximum atomic E-state index is 12.5. The number of hydrogen-bond acceptors (Lipinski definition) is 5. The minimum Gasteiger partial charge on any atom is -0.495 e. The molecule has 2 aromatic rings. The number of aliphatic hydroxyl groups is 1. The van der Waals surface area contributed by atoms with Crippen LogP contribution in [-0.4, -0.2) is 53.0 Å². The molecule has 1 aromatic carbocycles. The summed E-state index contributed by atoms with van der Waals surface area (Å²) >= 11 is 7.81. The van der Waals surface area contributed by atoms with Gasteiger partial charge in [-0.05, 0) is 36.6 Å². The fourth-order valence-corrected chi connectivity index (χ4v) is 3.01. The molecule has 2 rings (SSSR count). The number of aromatic nitrogens is 2. The minimum atomic E-state index is -0.286. The zero-order valence-electron chi connectivity index (χ0n) is 13.5. The lowest BCUT2D eigenvalue weighted by atomic mass is 10.1. The zero-order chi connectivity index (χ0) is 17.5. The van der Waals surface area contributed by atoms with Gasteiger partial charge >= 0.3 is 0 Å². The predicted octanol–water partition coefficient (Wildman–Crippen LogP) is 2.58. The number of nitrogens with one attached hydrogen (secondary N) is 2. The van der Waals surface area contributed by atoms with Gasteiger partial charge in [-0.15, -0.1) is 0 Å². The molecule has 0 saturated heterocycles. The van der Waals surface area contributed by atoms with E-state index in [2.05, 4.69) is 15.5 Å². The Balaban J connectivity index is 2.20. The summed E-state index contributed by atoms with van der Waals surface area (Å²) in [5.74, 6) is 1.13. The van der Waals surface area contributed by atoms with E-state index in [1.54, 1.807) is 37.1 Å². The molecule has 8 heteroatoms. The summed E-state index contributed by atoms with van der Waals surface area (Å²) in [6, 6.07) is 4.95. The van der Waals surface area contributed by atoms with Crippen molar-refractivity contribution in [3.63, 3.8) is 0 Å². The van der Waals surface area contributed by atoms with Crippen LogP contribution < -0.4 is 10.1 Å². The fourth-order valence-electron chi connectivity index (χ4n) is 2.23. The number of hydrogen-bond donors (Lipinski definition) is 3. The molecular weight excluding hydrogens is 350 g/mol. The highest BCUT2D eigenvalue weighted by atomic mass is 35.5. The van der Waals surface area contributed by atoms with Crippen molar-refractivity contribution in [3.05, 3.63) is 35.0 Å². The molecule has 0 saturated carbocycles. The number of rotatable bonds is 8. The van der Waals surface area contributed by atoms with Crippen LogP contribution in [-0.2, 0) is 0 Å². The molecule has 1 amide bonds. The van der Waals surface area contributed by atoms with Crippen LogP contribution in [0.1, 0.15) is 16.8 Å². The van der Waals surface area contributed by atoms with Gasteiger partial charge in [-0.2, -0.15) is 16.9 Å². The largest absolute Gasteiger partial charge is 0.495 e. The number of carbonyl (C=O) groups excluding carboxylic acids is 1. The van der Waals surface area contributed by atoms with E-state index in [1.165, 1.54) is 6.20 Å². The van der Waals surface area contributed by atoms with E-state index in [-0.39, 0.29) is 18.6 Å². The Morgan fingerprint density at radius 2 is 2.33 bits per heavy atom. The number of ether oxygens (including phenoxy) is 1. The van der Waals surface area contributed by atoms with Gasteiger partial charge in [-0.1, -0.05) is 11.6 Å². The molecular formula is C16H20ClN3O3S. The van der Waals surface area contributed by atoms with Crippen LogP contribution in [0.25, 0.3) is 11.3 Å². The van der Waals surface area contributed by atoms with Gasteiger partial charge in [0.1, 0.15) is 5.75 Å².